The number of halogens is 5. The third-order valence-electron chi connectivity index (χ3n) is 3.27. The molecule has 3 rings (SSSR count). The Hall–Kier alpha value is -2.56. The van der Waals surface area contributed by atoms with Crippen LogP contribution in [0.5, 0.6) is 0 Å². The predicted octanol–water partition coefficient (Wildman–Crippen LogP) is 3.71. The van der Waals surface area contributed by atoms with Crippen molar-refractivity contribution in [2.24, 2.45) is 5.73 Å². The van der Waals surface area contributed by atoms with Gasteiger partial charge in [0.1, 0.15) is 5.65 Å². The van der Waals surface area contributed by atoms with Crippen LogP contribution in [0.3, 0.4) is 0 Å². The van der Waals surface area contributed by atoms with E-state index in [2.05, 4.69) is 15.3 Å². The molecule has 28 heavy (non-hydrogen) atoms. The zero-order valence-electron chi connectivity index (χ0n) is 14.0. The van der Waals surface area contributed by atoms with Gasteiger partial charge in [-0.15, -0.1) is 0 Å². The Morgan fingerprint density at radius 2 is 1.96 bits per heavy atom. The van der Waals surface area contributed by atoms with E-state index >= 15 is 0 Å². The monoisotopic (exact) mass is 435 g/mol. The summed E-state index contributed by atoms with van der Waals surface area (Å²) < 4.78 is 33.6. The predicted molar refractivity (Wildman–Crippen MR) is 99.7 cm³/mol. The summed E-state index contributed by atoms with van der Waals surface area (Å²) in [6.45, 7) is 1.14. The zero-order chi connectivity index (χ0) is 20.9. The third-order valence-corrected chi connectivity index (χ3v) is 3.81. The highest BCUT2D eigenvalue weighted by atomic mass is 35.5. The molecule has 2 aromatic heterocycles. The number of aromatic nitrogens is 3. The Kier molecular flexibility index (Phi) is 7.05. The van der Waals surface area contributed by atoms with Crippen molar-refractivity contribution in [1.29, 1.82) is 0 Å². The second kappa shape index (κ2) is 9.09. The number of fused-ring (bicyclic) bond motifs is 1. The minimum absolute atomic E-state index is 0.518. The standard InChI is InChI=1S/C14H13Cl2N5.C2HF3O2/c15-9-1-2-10(11(16)7-9)12-8-13-18-5-6-21(13)14(20-12)19-4-3-17;3-2(4,5)1(6)7/h1-2,5-8H,3-4,17H2,(H,19,20);(H,6,7). The van der Waals surface area contributed by atoms with Gasteiger partial charge in [-0.25, -0.2) is 14.8 Å². The van der Waals surface area contributed by atoms with Gasteiger partial charge < -0.3 is 16.2 Å². The lowest BCUT2D eigenvalue weighted by Crippen LogP contribution is -2.21. The number of hydrogen-bond donors (Lipinski definition) is 3. The Labute approximate surface area is 166 Å². The summed E-state index contributed by atoms with van der Waals surface area (Å²) in [6, 6.07) is 7.21. The van der Waals surface area contributed by atoms with Crippen molar-refractivity contribution in [3.63, 3.8) is 0 Å². The van der Waals surface area contributed by atoms with Gasteiger partial charge in [0, 0.05) is 42.1 Å². The molecule has 1 aromatic carbocycles. The largest absolute Gasteiger partial charge is 0.490 e. The van der Waals surface area contributed by atoms with Crippen molar-refractivity contribution in [1.82, 2.24) is 14.4 Å². The molecule has 7 nitrogen and oxygen atoms in total. The molecule has 4 N–H and O–H groups in total. The second-order valence-corrected chi connectivity index (χ2v) is 6.11. The number of carboxylic acid groups (broad SMARTS) is 1. The molecule has 0 fully saturated rings. The third kappa shape index (κ3) is 5.47. The fourth-order valence-electron chi connectivity index (χ4n) is 2.07. The van der Waals surface area contributed by atoms with Crippen molar-refractivity contribution in [2.45, 2.75) is 6.18 Å². The molecule has 0 atom stereocenters. The summed E-state index contributed by atoms with van der Waals surface area (Å²) in [5.41, 5.74) is 7.86. The summed E-state index contributed by atoms with van der Waals surface area (Å²) in [6.07, 6.45) is -1.52. The first-order valence-corrected chi connectivity index (χ1v) is 8.42. The number of aliphatic carboxylic acids is 1. The lowest BCUT2D eigenvalue weighted by atomic mass is 10.1. The normalized spacial score (nSPS) is 11.1. The van der Waals surface area contributed by atoms with E-state index in [4.69, 9.17) is 38.8 Å². The molecule has 0 saturated carbocycles. The van der Waals surface area contributed by atoms with Crippen LogP contribution in [0.15, 0.2) is 36.7 Å². The maximum Gasteiger partial charge on any atom is 0.490 e. The summed E-state index contributed by atoms with van der Waals surface area (Å²) in [7, 11) is 0. The van der Waals surface area contributed by atoms with Crippen LogP contribution >= 0.6 is 23.2 Å². The Bertz CT molecular complexity index is 979. The first kappa shape index (κ1) is 21.7. The fraction of sp³-hybridized carbons (Fsp3) is 0.188. The molecule has 0 bridgehead atoms. The first-order valence-electron chi connectivity index (χ1n) is 7.67. The van der Waals surface area contributed by atoms with Crippen LogP contribution in [-0.4, -0.2) is 44.7 Å². The van der Waals surface area contributed by atoms with Gasteiger partial charge in [0.25, 0.3) is 0 Å². The van der Waals surface area contributed by atoms with Crippen molar-refractivity contribution >= 4 is 40.8 Å². The number of anilines is 1. The van der Waals surface area contributed by atoms with Crippen molar-refractivity contribution in [3.8, 4) is 11.3 Å². The van der Waals surface area contributed by atoms with Gasteiger partial charge >= 0.3 is 12.1 Å². The topological polar surface area (TPSA) is 106 Å². The number of rotatable bonds is 4. The van der Waals surface area contributed by atoms with Crippen LogP contribution in [0.2, 0.25) is 10.0 Å². The highest BCUT2D eigenvalue weighted by Crippen LogP contribution is 2.30. The maximum atomic E-state index is 10.6. The number of nitrogens with two attached hydrogens (primary N) is 1. The molecule has 0 spiro atoms. The summed E-state index contributed by atoms with van der Waals surface area (Å²) in [4.78, 5) is 17.8. The van der Waals surface area contributed by atoms with Gasteiger partial charge in [0.2, 0.25) is 5.95 Å². The van der Waals surface area contributed by atoms with Crippen molar-refractivity contribution in [3.05, 3.63) is 46.7 Å². The lowest BCUT2D eigenvalue weighted by molar-refractivity contribution is -0.192. The van der Waals surface area contributed by atoms with Crippen LogP contribution in [0.25, 0.3) is 16.9 Å². The second-order valence-electron chi connectivity index (χ2n) is 5.26. The quantitative estimate of drug-likeness (QED) is 0.576. The molecule has 0 aliphatic carbocycles. The van der Waals surface area contributed by atoms with Gasteiger partial charge in [0.15, 0.2) is 0 Å². The summed E-state index contributed by atoms with van der Waals surface area (Å²) in [5.74, 6) is -2.08. The molecule has 0 amide bonds. The van der Waals surface area contributed by atoms with Gasteiger partial charge in [-0.3, -0.25) is 4.40 Å². The average Bonchev–Trinajstić information content (AvgIpc) is 3.08. The lowest BCUT2D eigenvalue weighted by Gasteiger charge is -2.10. The van der Waals surface area contributed by atoms with Crippen molar-refractivity contribution < 1.29 is 23.1 Å². The van der Waals surface area contributed by atoms with Crippen LogP contribution in [0, 0.1) is 0 Å². The molecule has 150 valence electrons. The highest BCUT2D eigenvalue weighted by Gasteiger charge is 2.38. The number of benzene rings is 1. The molecule has 0 radical (unpaired) electrons. The number of carbonyl (C=O) groups is 1. The molecule has 0 aliphatic rings. The number of nitrogens with one attached hydrogen (secondary N) is 1. The average molecular weight is 436 g/mol. The maximum absolute atomic E-state index is 10.6. The molecule has 3 aromatic rings. The van der Waals surface area contributed by atoms with E-state index in [1.165, 1.54) is 0 Å². The van der Waals surface area contributed by atoms with E-state index in [9.17, 15) is 13.2 Å². The number of hydrogen-bond acceptors (Lipinski definition) is 5. The van der Waals surface area contributed by atoms with Crippen LogP contribution in [-0.2, 0) is 4.79 Å². The van der Waals surface area contributed by atoms with Crippen LogP contribution in [0.4, 0.5) is 19.1 Å². The molecule has 0 aliphatic heterocycles. The molecular weight excluding hydrogens is 422 g/mol. The molecule has 0 saturated heterocycles. The van der Waals surface area contributed by atoms with E-state index in [0.29, 0.717) is 29.1 Å². The summed E-state index contributed by atoms with van der Waals surface area (Å²) >= 11 is 12.2. The van der Waals surface area contributed by atoms with E-state index in [-0.39, 0.29) is 0 Å². The minimum Gasteiger partial charge on any atom is -0.475 e. The first-order chi connectivity index (χ1) is 13.1. The van der Waals surface area contributed by atoms with E-state index < -0.39 is 12.1 Å². The number of alkyl halides is 3. The summed E-state index contributed by atoms with van der Waals surface area (Å²) in [5, 5.41) is 11.4. The highest BCUT2D eigenvalue weighted by molar-refractivity contribution is 6.36. The number of carboxylic acids is 1. The van der Waals surface area contributed by atoms with Gasteiger partial charge in [-0.1, -0.05) is 23.2 Å². The van der Waals surface area contributed by atoms with E-state index in [1.54, 1.807) is 18.3 Å². The SMILES string of the molecule is NCCNc1nc(-c2ccc(Cl)cc2Cl)cc2nccn12.O=C(O)C(F)(F)F. The zero-order valence-corrected chi connectivity index (χ0v) is 15.6. The smallest absolute Gasteiger partial charge is 0.475 e. The van der Waals surface area contributed by atoms with Crippen LogP contribution < -0.4 is 11.1 Å². The molecule has 12 heteroatoms. The Morgan fingerprint density at radius 1 is 1.29 bits per heavy atom. The number of nitrogens with zero attached hydrogens (tertiary/aromatic N) is 3. The molecule has 2 heterocycles. The van der Waals surface area contributed by atoms with E-state index in [1.807, 2.05) is 22.7 Å². The van der Waals surface area contributed by atoms with E-state index in [0.717, 1.165) is 16.9 Å². The molecular formula is C16H14Cl2F3N5O2. The number of imidazole rings is 1. The fourth-order valence-corrected chi connectivity index (χ4v) is 2.57. The minimum atomic E-state index is -5.08. The van der Waals surface area contributed by atoms with Crippen LogP contribution in [0.1, 0.15) is 0 Å². The van der Waals surface area contributed by atoms with Gasteiger partial charge in [-0.2, -0.15) is 13.2 Å². The Morgan fingerprint density at radius 3 is 2.54 bits per heavy atom. The van der Waals surface area contributed by atoms with Gasteiger partial charge in [-0.05, 0) is 18.2 Å². The molecule has 0 unspecified atom stereocenters. The van der Waals surface area contributed by atoms with Crippen molar-refractivity contribution in [2.75, 3.05) is 18.4 Å². The Balaban J connectivity index is 0.000000345. The van der Waals surface area contributed by atoms with Gasteiger partial charge in [0.05, 0.1) is 10.7 Å².